The lowest BCUT2D eigenvalue weighted by Gasteiger charge is -2.29. The van der Waals surface area contributed by atoms with Crippen LogP contribution in [0.2, 0.25) is 0 Å². The third-order valence-electron chi connectivity index (χ3n) is 4.03. The van der Waals surface area contributed by atoms with Crippen molar-refractivity contribution in [2.24, 2.45) is 5.92 Å². The van der Waals surface area contributed by atoms with E-state index in [9.17, 15) is 19.2 Å². The van der Waals surface area contributed by atoms with Gasteiger partial charge in [0.05, 0.1) is 6.04 Å². The first kappa shape index (κ1) is 19.1. The van der Waals surface area contributed by atoms with Gasteiger partial charge in [-0.1, -0.05) is 20.3 Å². The number of imide groups is 1. The number of amides is 3. The molecule has 6 nitrogen and oxygen atoms in total. The predicted molar refractivity (Wildman–Crippen MR) is 86.4 cm³/mol. The fourth-order valence-electron chi connectivity index (χ4n) is 2.90. The Kier molecular flexibility index (Phi) is 7.13. The van der Waals surface area contributed by atoms with E-state index in [0.29, 0.717) is 25.8 Å². The summed E-state index contributed by atoms with van der Waals surface area (Å²) in [4.78, 5) is 49.3. The van der Waals surface area contributed by atoms with E-state index in [4.69, 9.17) is 0 Å². The summed E-state index contributed by atoms with van der Waals surface area (Å²) in [6, 6.07) is -0.381. The lowest BCUT2D eigenvalue weighted by Crippen LogP contribution is -2.44. The number of Topliss-reactive ketones (excluding diaryl/α,β-unsaturated/α-hetero) is 1. The Bertz CT molecular complexity index is 493. The molecule has 0 aromatic heterocycles. The number of hydrogen-bond donors (Lipinski definition) is 0. The maximum atomic E-state index is 12.2. The molecule has 128 valence electrons. The van der Waals surface area contributed by atoms with Crippen molar-refractivity contribution in [1.29, 1.82) is 0 Å². The fraction of sp³-hybridized carbons (Fsp3) is 0.647. The Hall–Kier alpha value is -1.98. The van der Waals surface area contributed by atoms with Gasteiger partial charge in [0.25, 0.3) is 11.8 Å². The monoisotopic (exact) mass is 322 g/mol. The first-order valence-electron chi connectivity index (χ1n) is 8.05. The lowest BCUT2D eigenvalue weighted by molar-refractivity contribution is -0.139. The second-order valence-corrected chi connectivity index (χ2v) is 6.28. The number of likely N-dealkylation sites (N-methyl/N-ethyl adjacent to an activating group) is 1. The SMILES string of the molecule is CC(=O)C(C(C)C)N(C)C(=O)CCCCCN1C(=O)C=CC1=O. The van der Waals surface area contributed by atoms with E-state index >= 15 is 0 Å². The molecule has 0 aliphatic carbocycles. The zero-order valence-electron chi connectivity index (χ0n) is 14.4. The van der Waals surface area contributed by atoms with Crippen LogP contribution in [0.3, 0.4) is 0 Å². The van der Waals surface area contributed by atoms with E-state index in [-0.39, 0.29) is 35.5 Å². The molecule has 0 saturated heterocycles. The minimum atomic E-state index is -0.381. The van der Waals surface area contributed by atoms with Crippen molar-refractivity contribution in [3.05, 3.63) is 12.2 Å². The second-order valence-electron chi connectivity index (χ2n) is 6.28. The van der Waals surface area contributed by atoms with Gasteiger partial charge in [0, 0.05) is 32.2 Å². The molecule has 1 atom stereocenters. The Morgan fingerprint density at radius 3 is 2.13 bits per heavy atom. The van der Waals surface area contributed by atoms with Crippen LogP contribution in [0.25, 0.3) is 0 Å². The summed E-state index contributed by atoms with van der Waals surface area (Å²) < 4.78 is 0. The Labute approximate surface area is 137 Å². The molecule has 3 amide bonds. The zero-order chi connectivity index (χ0) is 17.6. The molecule has 1 heterocycles. The van der Waals surface area contributed by atoms with E-state index in [0.717, 1.165) is 6.42 Å². The van der Waals surface area contributed by atoms with E-state index < -0.39 is 0 Å². The van der Waals surface area contributed by atoms with Crippen molar-refractivity contribution in [3.63, 3.8) is 0 Å². The largest absolute Gasteiger partial charge is 0.335 e. The molecule has 23 heavy (non-hydrogen) atoms. The van der Waals surface area contributed by atoms with Gasteiger partial charge in [-0.25, -0.2) is 0 Å². The predicted octanol–water partition coefficient (Wildman–Crippen LogP) is 1.54. The summed E-state index contributed by atoms with van der Waals surface area (Å²) in [6.45, 7) is 5.74. The standard InChI is InChI=1S/C17H26N2O4/c1-12(2)17(13(3)20)18(4)14(21)8-6-5-7-11-19-15(22)9-10-16(19)23/h9-10,12,17H,5-8,11H2,1-4H3. The topological polar surface area (TPSA) is 74.8 Å². The summed E-state index contributed by atoms with van der Waals surface area (Å²) in [5, 5.41) is 0. The third-order valence-corrected chi connectivity index (χ3v) is 4.03. The molecule has 0 fully saturated rings. The molecule has 1 aliphatic heterocycles. The molecule has 0 N–H and O–H groups in total. The minimum absolute atomic E-state index is 0.00518. The van der Waals surface area contributed by atoms with Crippen LogP contribution < -0.4 is 0 Å². The van der Waals surface area contributed by atoms with Crippen LogP contribution in [0.1, 0.15) is 46.5 Å². The maximum absolute atomic E-state index is 12.2. The average molecular weight is 322 g/mol. The molecule has 0 aromatic rings. The quantitative estimate of drug-likeness (QED) is 0.477. The average Bonchev–Trinajstić information content (AvgIpc) is 2.77. The van der Waals surface area contributed by atoms with Gasteiger partial charge in [-0.15, -0.1) is 0 Å². The second kappa shape index (κ2) is 8.60. The number of nitrogens with zero attached hydrogens (tertiary/aromatic N) is 2. The molecule has 6 heteroatoms. The molecule has 1 unspecified atom stereocenters. The van der Waals surface area contributed by atoms with E-state index in [1.165, 1.54) is 28.9 Å². The van der Waals surface area contributed by atoms with Crippen molar-refractivity contribution in [2.45, 2.75) is 52.5 Å². The van der Waals surface area contributed by atoms with Gasteiger partial charge in [-0.2, -0.15) is 0 Å². The number of carbonyl (C=O) groups is 4. The van der Waals surface area contributed by atoms with Crippen LogP contribution in [0.15, 0.2) is 12.2 Å². The normalized spacial score (nSPS) is 15.4. The lowest BCUT2D eigenvalue weighted by atomic mass is 9.99. The number of rotatable bonds is 9. The number of carbonyl (C=O) groups excluding carboxylic acids is 4. The van der Waals surface area contributed by atoms with Gasteiger partial charge < -0.3 is 4.90 Å². The van der Waals surface area contributed by atoms with Crippen LogP contribution >= 0.6 is 0 Å². The van der Waals surface area contributed by atoms with Gasteiger partial charge in [-0.3, -0.25) is 24.1 Å². The Balaban J connectivity index is 2.30. The summed E-state index contributed by atoms with van der Waals surface area (Å²) in [5.41, 5.74) is 0. The number of unbranched alkanes of at least 4 members (excludes halogenated alkanes) is 2. The number of hydrogen-bond acceptors (Lipinski definition) is 4. The Morgan fingerprint density at radius 2 is 1.65 bits per heavy atom. The van der Waals surface area contributed by atoms with Crippen molar-refractivity contribution in [1.82, 2.24) is 9.80 Å². The highest BCUT2D eigenvalue weighted by Crippen LogP contribution is 2.13. The first-order chi connectivity index (χ1) is 10.8. The summed E-state index contributed by atoms with van der Waals surface area (Å²) in [5.74, 6) is -0.511. The van der Waals surface area contributed by atoms with E-state index in [2.05, 4.69) is 0 Å². The summed E-state index contributed by atoms with van der Waals surface area (Å²) in [7, 11) is 1.67. The van der Waals surface area contributed by atoms with Crippen molar-refractivity contribution in [2.75, 3.05) is 13.6 Å². The van der Waals surface area contributed by atoms with Gasteiger partial charge in [-0.05, 0) is 25.7 Å². The van der Waals surface area contributed by atoms with Gasteiger partial charge in [0.15, 0.2) is 5.78 Å². The van der Waals surface area contributed by atoms with Crippen LogP contribution in [0.4, 0.5) is 0 Å². The molecule has 1 rings (SSSR count). The zero-order valence-corrected chi connectivity index (χ0v) is 14.4. The number of ketones is 1. The van der Waals surface area contributed by atoms with Gasteiger partial charge >= 0.3 is 0 Å². The first-order valence-corrected chi connectivity index (χ1v) is 8.05. The van der Waals surface area contributed by atoms with E-state index in [1.807, 2.05) is 13.8 Å². The fourth-order valence-corrected chi connectivity index (χ4v) is 2.90. The molecule has 1 aliphatic rings. The Morgan fingerprint density at radius 1 is 1.09 bits per heavy atom. The third kappa shape index (κ3) is 5.30. The van der Waals surface area contributed by atoms with Crippen molar-refractivity contribution >= 4 is 23.5 Å². The summed E-state index contributed by atoms with van der Waals surface area (Å²) >= 11 is 0. The summed E-state index contributed by atoms with van der Waals surface area (Å²) in [6.07, 6.45) is 5.02. The minimum Gasteiger partial charge on any atom is -0.335 e. The highest BCUT2D eigenvalue weighted by atomic mass is 16.2. The molecule has 0 bridgehead atoms. The van der Waals surface area contributed by atoms with Crippen LogP contribution in [-0.2, 0) is 19.2 Å². The molecule has 0 aromatic carbocycles. The smallest absolute Gasteiger partial charge is 0.253 e. The van der Waals surface area contributed by atoms with Crippen LogP contribution in [0.5, 0.6) is 0 Å². The maximum Gasteiger partial charge on any atom is 0.253 e. The molecule has 0 spiro atoms. The van der Waals surface area contributed by atoms with Crippen molar-refractivity contribution in [3.8, 4) is 0 Å². The molecular formula is C17H26N2O4. The van der Waals surface area contributed by atoms with Crippen LogP contribution in [-0.4, -0.2) is 52.9 Å². The van der Waals surface area contributed by atoms with E-state index in [1.54, 1.807) is 7.05 Å². The highest BCUT2D eigenvalue weighted by molar-refractivity contribution is 6.12. The molecule has 0 radical (unpaired) electrons. The highest BCUT2D eigenvalue weighted by Gasteiger charge is 2.26. The molecule has 0 saturated carbocycles. The van der Waals surface area contributed by atoms with Crippen LogP contribution in [0, 0.1) is 5.92 Å². The van der Waals surface area contributed by atoms with Crippen molar-refractivity contribution < 1.29 is 19.2 Å². The molecular weight excluding hydrogens is 296 g/mol. The van der Waals surface area contributed by atoms with Gasteiger partial charge in [0.1, 0.15) is 0 Å². The van der Waals surface area contributed by atoms with Gasteiger partial charge in [0.2, 0.25) is 5.91 Å².